The van der Waals surface area contributed by atoms with Crippen molar-refractivity contribution in [2.24, 2.45) is 0 Å². The SMILES string of the molecule is Cc1ccc2c(Br)c(CCN(C)C)sc2c1. The van der Waals surface area contributed by atoms with Gasteiger partial charge in [-0.3, -0.25) is 0 Å². The Hall–Kier alpha value is -0.380. The van der Waals surface area contributed by atoms with Crippen LogP contribution in [0.5, 0.6) is 0 Å². The highest BCUT2D eigenvalue weighted by molar-refractivity contribution is 9.10. The number of likely N-dealkylation sites (N-methyl/N-ethyl adjacent to an activating group) is 1. The summed E-state index contributed by atoms with van der Waals surface area (Å²) in [6, 6.07) is 6.66. The van der Waals surface area contributed by atoms with Gasteiger partial charge < -0.3 is 4.90 Å². The van der Waals surface area contributed by atoms with E-state index in [4.69, 9.17) is 0 Å². The van der Waals surface area contributed by atoms with Gasteiger partial charge in [-0.25, -0.2) is 0 Å². The predicted octanol–water partition coefficient (Wildman–Crippen LogP) is 4.08. The molecular formula is C13H16BrNS. The maximum absolute atomic E-state index is 3.72. The molecule has 0 radical (unpaired) electrons. The molecule has 0 unspecified atom stereocenters. The Morgan fingerprint density at radius 2 is 2.06 bits per heavy atom. The van der Waals surface area contributed by atoms with E-state index in [0.29, 0.717) is 0 Å². The Labute approximate surface area is 109 Å². The van der Waals surface area contributed by atoms with Crippen LogP contribution in [0, 0.1) is 6.92 Å². The summed E-state index contributed by atoms with van der Waals surface area (Å²) in [6.45, 7) is 3.25. The number of nitrogens with zero attached hydrogens (tertiary/aromatic N) is 1. The van der Waals surface area contributed by atoms with Gasteiger partial charge in [0.2, 0.25) is 0 Å². The van der Waals surface area contributed by atoms with E-state index in [2.05, 4.69) is 60.0 Å². The molecule has 1 aromatic heterocycles. The summed E-state index contributed by atoms with van der Waals surface area (Å²) in [5.41, 5.74) is 1.33. The molecule has 0 fully saturated rings. The van der Waals surface area contributed by atoms with Gasteiger partial charge in [0.15, 0.2) is 0 Å². The number of rotatable bonds is 3. The highest BCUT2D eigenvalue weighted by Crippen LogP contribution is 2.36. The monoisotopic (exact) mass is 297 g/mol. The van der Waals surface area contributed by atoms with Crippen molar-refractivity contribution in [3.05, 3.63) is 33.1 Å². The summed E-state index contributed by atoms with van der Waals surface area (Å²) >= 11 is 5.62. The van der Waals surface area contributed by atoms with Crippen LogP contribution in [0.15, 0.2) is 22.7 Å². The molecule has 16 heavy (non-hydrogen) atoms. The van der Waals surface area contributed by atoms with Crippen LogP contribution >= 0.6 is 27.3 Å². The molecule has 0 spiro atoms. The normalized spacial score (nSPS) is 11.6. The minimum Gasteiger partial charge on any atom is -0.309 e. The predicted molar refractivity (Wildman–Crippen MR) is 76.5 cm³/mol. The molecule has 0 saturated heterocycles. The van der Waals surface area contributed by atoms with E-state index >= 15 is 0 Å². The van der Waals surface area contributed by atoms with Gasteiger partial charge >= 0.3 is 0 Å². The van der Waals surface area contributed by atoms with E-state index < -0.39 is 0 Å². The summed E-state index contributed by atoms with van der Waals surface area (Å²) in [6.07, 6.45) is 1.12. The Morgan fingerprint density at radius 1 is 1.31 bits per heavy atom. The number of hydrogen-bond acceptors (Lipinski definition) is 2. The van der Waals surface area contributed by atoms with Crippen molar-refractivity contribution in [2.75, 3.05) is 20.6 Å². The molecule has 0 bridgehead atoms. The van der Waals surface area contributed by atoms with Gasteiger partial charge in [-0.1, -0.05) is 12.1 Å². The standard InChI is InChI=1S/C13H16BrNS/c1-9-4-5-10-12(8-9)16-11(13(10)14)6-7-15(2)3/h4-5,8H,6-7H2,1-3H3. The molecule has 3 heteroatoms. The molecule has 1 nitrogen and oxygen atoms in total. The Kier molecular flexibility index (Phi) is 3.67. The third-order valence-corrected chi connectivity index (χ3v) is 5.02. The summed E-state index contributed by atoms with van der Waals surface area (Å²) in [5.74, 6) is 0. The van der Waals surface area contributed by atoms with Crippen LogP contribution in [0.1, 0.15) is 10.4 Å². The third-order valence-electron chi connectivity index (χ3n) is 2.64. The lowest BCUT2D eigenvalue weighted by Gasteiger charge is -2.07. The van der Waals surface area contributed by atoms with Gasteiger partial charge in [0, 0.05) is 26.0 Å². The highest BCUT2D eigenvalue weighted by atomic mass is 79.9. The zero-order chi connectivity index (χ0) is 11.7. The average Bonchev–Trinajstić information content (AvgIpc) is 2.52. The van der Waals surface area contributed by atoms with E-state index in [1.807, 2.05) is 11.3 Å². The number of halogens is 1. The quantitative estimate of drug-likeness (QED) is 0.825. The fourth-order valence-corrected chi connectivity index (χ4v) is 3.81. The smallest absolute Gasteiger partial charge is 0.0393 e. The molecular weight excluding hydrogens is 282 g/mol. The second-order valence-corrected chi connectivity index (χ2v) is 6.32. The fraction of sp³-hybridized carbons (Fsp3) is 0.385. The average molecular weight is 298 g/mol. The lowest BCUT2D eigenvalue weighted by molar-refractivity contribution is 0.415. The first kappa shape index (κ1) is 12.1. The van der Waals surface area contributed by atoms with Crippen molar-refractivity contribution < 1.29 is 0 Å². The lowest BCUT2D eigenvalue weighted by atomic mass is 10.2. The molecule has 2 aromatic rings. The first-order valence-corrected chi connectivity index (χ1v) is 7.01. The van der Waals surface area contributed by atoms with Crippen LogP contribution in [0.4, 0.5) is 0 Å². The highest BCUT2D eigenvalue weighted by Gasteiger charge is 2.09. The van der Waals surface area contributed by atoms with Crippen LogP contribution in [-0.2, 0) is 6.42 Å². The van der Waals surface area contributed by atoms with Crippen molar-refractivity contribution in [1.82, 2.24) is 4.90 Å². The third kappa shape index (κ3) is 2.47. The first-order chi connectivity index (χ1) is 7.58. The van der Waals surface area contributed by atoms with Crippen LogP contribution in [0.3, 0.4) is 0 Å². The molecule has 0 amide bonds. The largest absolute Gasteiger partial charge is 0.309 e. The summed E-state index contributed by atoms with van der Waals surface area (Å²) in [7, 11) is 4.23. The molecule has 0 N–H and O–H groups in total. The van der Waals surface area contributed by atoms with E-state index in [9.17, 15) is 0 Å². The molecule has 0 saturated carbocycles. The van der Waals surface area contributed by atoms with Crippen LogP contribution in [-0.4, -0.2) is 25.5 Å². The molecule has 0 aliphatic heterocycles. The molecule has 2 rings (SSSR count). The summed E-state index contributed by atoms with van der Waals surface area (Å²) < 4.78 is 2.68. The van der Waals surface area contributed by atoms with Crippen LogP contribution in [0.25, 0.3) is 10.1 Å². The van der Waals surface area contributed by atoms with Crippen LogP contribution in [0.2, 0.25) is 0 Å². The molecule has 0 aliphatic rings. The molecule has 0 aliphatic carbocycles. The number of aryl methyl sites for hydroxylation is 1. The number of thiophene rings is 1. The lowest BCUT2D eigenvalue weighted by Crippen LogP contribution is -2.14. The fourth-order valence-electron chi connectivity index (χ4n) is 1.71. The van der Waals surface area contributed by atoms with Crippen molar-refractivity contribution in [3.8, 4) is 0 Å². The second kappa shape index (κ2) is 4.86. The van der Waals surface area contributed by atoms with E-state index in [0.717, 1.165) is 13.0 Å². The van der Waals surface area contributed by atoms with E-state index in [1.165, 1.54) is 25.0 Å². The van der Waals surface area contributed by atoms with Crippen molar-refractivity contribution in [2.45, 2.75) is 13.3 Å². The van der Waals surface area contributed by atoms with Gasteiger partial charge in [-0.15, -0.1) is 11.3 Å². The van der Waals surface area contributed by atoms with Gasteiger partial charge in [0.1, 0.15) is 0 Å². The molecule has 0 atom stereocenters. The maximum atomic E-state index is 3.72. The minimum absolute atomic E-state index is 1.10. The maximum Gasteiger partial charge on any atom is 0.0393 e. The number of fused-ring (bicyclic) bond motifs is 1. The Balaban J connectivity index is 2.36. The minimum atomic E-state index is 1.10. The molecule has 86 valence electrons. The van der Waals surface area contributed by atoms with Crippen molar-refractivity contribution in [1.29, 1.82) is 0 Å². The topological polar surface area (TPSA) is 3.24 Å². The number of hydrogen-bond donors (Lipinski definition) is 0. The summed E-state index contributed by atoms with van der Waals surface area (Å²) in [4.78, 5) is 3.68. The first-order valence-electron chi connectivity index (χ1n) is 5.40. The Morgan fingerprint density at radius 3 is 2.75 bits per heavy atom. The zero-order valence-corrected chi connectivity index (χ0v) is 12.3. The van der Waals surface area contributed by atoms with Crippen LogP contribution < -0.4 is 0 Å². The second-order valence-electron chi connectivity index (χ2n) is 4.39. The summed E-state index contributed by atoms with van der Waals surface area (Å²) in [5, 5.41) is 1.35. The van der Waals surface area contributed by atoms with Crippen molar-refractivity contribution >= 4 is 37.4 Å². The zero-order valence-electron chi connectivity index (χ0n) is 9.88. The van der Waals surface area contributed by atoms with Gasteiger partial charge in [-0.2, -0.15) is 0 Å². The van der Waals surface area contributed by atoms with E-state index in [1.54, 1.807) is 0 Å². The molecule has 1 aromatic carbocycles. The number of benzene rings is 1. The molecule has 1 heterocycles. The van der Waals surface area contributed by atoms with Gasteiger partial charge in [-0.05, 0) is 55.0 Å². The van der Waals surface area contributed by atoms with Gasteiger partial charge in [0.05, 0.1) is 0 Å². The van der Waals surface area contributed by atoms with E-state index in [-0.39, 0.29) is 0 Å². The Bertz CT molecular complexity index is 502. The van der Waals surface area contributed by atoms with Gasteiger partial charge in [0.25, 0.3) is 0 Å². The van der Waals surface area contributed by atoms with Crippen molar-refractivity contribution in [3.63, 3.8) is 0 Å².